The van der Waals surface area contributed by atoms with Gasteiger partial charge in [0.15, 0.2) is 4.80 Å². The van der Waals surface area contributed by atoms with Crippen molar-refractivity contribution in [2.45, 2.75) is 39.5 Å². The summed E-state index contributed by atoms with van der Waals surface area (Å²) in [6, 6.07) is 22.9. The molecule has 6 rings (SSSR count). The summed E-state index contributed by atoms with van der Waals surface area (Å²) in [5.74, 6) is -0.489. The highest BCUT2D eigenvalue weighted by molar-refractivity contribution is 9.10. The maximum absolute atomic E-state index is 14.1. The highest BCUT2D eigenvalue weighted by Crippen LogP contribution is 2.32. The summed E-state index contributed by atoms with van der Waals surface area (Å²) < 4.78 is 11.0. The minimum atomic E-state index is -0.689. The summed E-state index contributed by atoms with van der Waals surface area (Å²) in [6.07, 6.45) is 3.69. The van der Waals surface area contributed by atoms with Crippen molar-refractivity contribution in [2.24, 2.45) is 4.99 Å². The van der Waals surface area contributed by atoms with Crippen LogP contribution >= 0.6 is 38.9 Å². The fourth-order valence-corrected chi connectivity index (χ4v) is 6.70. The number of aromatic nitrogens is 2. The summed E-state index contributed by atoms with van der Waals surface area (Å²) in [5.41, 5.74) is 4.59. The number of carbonyl (C=O) groups is 1. The van der Waals surface area contributed by atoms with E-state index in [1.54, 1.807) is 37.5 Å². The van der Waals surface area contributed by atoms with Gasteiger partial charge in [0.05, 0.1) is 27.9 Å². The predicted molar refractivity (Wildman–Crippen MR) is 172 cm³/mol. The lowest BCUT2D eigenvalue weighted by Crippen LogP contribution is -2.40. The number of halogens is 2. The molecule has 1 atom stereocenters. The Hall–Kier alpha value is -3.72. The van der Waals surface area contributed by atoms with E-state index in [1.807, 2.05) is 42.5 Å². The van der Waals surface area contributed by atoms with Gasteiger partial charge < -0.3 is 9.30 Å². The lowest BCUT2D eigenvalue weighted by atomic mass is 9.96. The van der Waals surface area contributed by atoms with Gasteiger partial charge >= 0.3 is 5.97 Å². The first-order valence-corrected chi connectivity index (χ1v) is 15.5. The molecule has 0 N–H and O–H groups in total. The van der Waals surface area contributed by atoms with Crippen LogP contribution in [0.1, 0.15) is 43.5 Å². The van der Waals surface area contributed by atoms with Crippen molar-refractivity contribution in [1.82, 2.24) is 9.13 Å². The summed E-state index contributed by atoms with van der Waals surface area (Å²) in [5, 5.41) is 1.62. The zero-order chi connectivity index (χ0) is 29.5. The first-order valence-electron chi connectivity index (χ1n) is 13.5. The van der Waals surface area contributed by atoms with Crippen LogP contribution < -0.4 is 14.9 Å². The van der Waals surface area contributed by atoms with Crippen molar-refractivity contribution in [1.29, 1.82) is 0 Å². The van der Waals surface area contributed by atoms with Crippen LogP contribution in [0.25, 0.3) is 17.0 Å². The summed E-state index contributed by atoms with van der Waals surface area (Å²) >= 11 is 11.0. The Morgan fingerprint density at radius 1 is 1.10 bits per heavy atom. The van der Waals surface area contributed by atoms with Gasteiger partial charge in [-0.15, -0.1) is 0 Å². The fourth-order valence-electron chi connectivity index (χ4n) is 5.27. The second-order valence-corrected chi connectivity index (χ2v) is 12.8. The van der Waals surface area contributed by atoms with Gasteiger partial charge in [0.1, 0.15) is 0 Å². The van der Waals surface area contributed by atoms with E-state index in [9.17, 15) is 9.59 Å². The molecule has 9 heteroatoms. The molecule has 42 heavy (non-hydrogen) atoms. The number of hydrogen-bond donors (Lipinski definition) is 0. The molecule has 0 radical (unpaired) electrons. The quantitative estimate of drug-likeness (QED) is 0.193. The number of nitrogens with zero attached hydrogens (tertiary/aromatic N) is 3. The van der Waals surface area contributed by atoms with E-state index >= 15 is 0 Å². The molecule has 5 aromatic rings. The fraction of sp³-hybridized carbons (Fsp3) is 0.182. The van der Waals surface area contributed by atoms with Crippen molar-refractivity contribution >= 4 is 61.8 Å². The summed E-state index contributed by atoms with van der Waals surface area (Å²) in [6.45, 7) is 6.08. The Balaban J connectivity index is 1.50. The van der Waals surface area contributed by atoms with E-state index in [0.29, 0.717) is 32.2 Å². The standard InChI is InChI=1S/C33H27BrClN3O3S/c1-19(2)41-32(40)29-20(3)36-33-38(30(29)22-10-14-25(35)15-11-22)31(39)28(42-33)16-23-18-37(27-7-5-4-6-26(23)27)17-21-8-12-24(34)13-9-21/h4-16,18-19,30H,17H2,1-3H3/b28-16+/t30-/m0/s1. The monoisotopic (exact) mass is 659 g/mol. The van der Waals surface area contributed by atoms with E-state index in [0.717, 1.165) is 26.5 Å². The van der Waals surface area contributed by atoms with Gasteiger partial charge in [-0.2, -0.15) is 0 Å². The topological polar surface area (TPSA) is 65.6 Å². The molecule has 0 saturated heterocycles. The number of ether oxygens (including phenoxy) is 1. The normalized spacial score (nSPS) is 15.3. The second kappa shape index (κ2) is 11.5. The maximum Gasteiger partial charge on any atom is 0.338 e. The van der Waals surface area contributed by atoms with E-state index in [2.05, 4.69) is 51.0 Å². The third-order valence-corrected chi connectivity index (χ3v) is 8.91. The minimum Gasteiger partial charge on any atom is -0.459 e. The number of benzene rings is 3. The van der Waals surface area contributed by atoms with Crippen LogP contribution in [-0.4, -0.2) is 21.2 Å². The zero-order valence-corrected chi connectivity index (χ0v) is 26.3. The second-order valence-electron chi connectivity index (χ2n) is 10.4. The molecule has 3 heterocycles. The van der Waals surface area contributed by atoms with Crippen molar-refractivity contribution in [3.63, 3.8) is 0 Å². The van der Waals surface area contributed by atoms with Crippen LogP contribution in [0.3, 0.4) is 0 Å². The SMILES string of the molecule is CC1=C(C(=O)OC(C)C)[C@H](c2ccc(Cl)cc2)n2c(s/c(=C/c3cn(Cc4ccc(Br)cc4)c4ccccc34)c2=O)=N1. The van der Waals surface area contributed by atoms with Gasteiger partial charge in [0.25, 0.3) is 5.56 Å². The molecule has 0 spiro atoms. The molecule has 0 amide bonds. The highest BCUT2D eigenvalue weighted by atomic mass is 79.9. The molecule has 0 fully saturated rings. The number of fused-ring (bicyclic) bond motifs is 2. The largest absolute Gasteiger partial charge is 0.459 e. The van der Waals surface area contributed by atoms with Gasteiger partial charge in [0, 0.05) is 38.7 Å². The molecule has 0 bridgehead atoms. The van der Waals surface area contributed by atoms with E-state index in [1.165, 1.54) is 16.9 Å². The van der Waals surface area contributed by atoms with Crippen molar-refractivity contribution in [3.8, 4) is 0 Å². The molecule has 212 valence electrons. The Morgan fingerprint density at radius 2 is 1.81 bits per heavy atom. The predicted octanol–water partition coefficient (Wildman–Crippen LogP) is 6.61. The molecular weight excluding hydrogens is 634 g/mol. The third kappa shape index (κ3) is 5.42. The average Bonchev–Trinajstić information content (AvgIpc) is 3.45. The van der Waals surface area contributed by atoms with Gasteiger partial charge in [0.2, 0.25) is 0 Å². The van der Waals surface area contributed by atoms with Crippen LogP contribution in [-0.2, 0) is 16.1 Å². The van der Waals surface area contributed by atoms with Gasteiger partial charge in [-0.3, -0.25) is 9.36 Å². The average molecular weight is 661 g/mol. The summed E-state index contributed by atoms with van der Waals surface area (Å²) in [4.78, 5) is 32.7. The van der Waals surface area contributed by atoms with Gasteiger partial charge in [-0.1, -0.05) is 81.3 Å². The molecule has 6 nitrogen and oxygen atoms in total. The number of thiazole rings is 1. The number of esters is 1. The number of hydrogen-bond acceptors (Lipinski definition) is 5. The van der Waals surface area contributed by atoms with Crippen molar-refractivity contribution in [2.75, 3.05) is 0 Å². The first-order chi connectivity index (χ1) is 20.2. The van der Waals surface area contributed by atoms with Crippen LogP contribution in [0, 0.1) is 0 Å². The Bertz CT molecular complexity index is 2040. The molecular formula is C33H27BrClN3O3S. The Kier molecular flexibility index (Phi) is 7.79. The molecule has 2 aromatic heterocycles. The van der Waals surface area contributed by atoms with Crippen LogP contribution in [0.2, 0.25) is 5.02 Å². The molecule has 0 aliphatic carbocycles. The molecule has 0 unspecified atom stereocenters. The van der Waals surface area contributed by atoms with Gasteiger partial charge in [-0.05, 0) is 68.3 Å². The zero-order valence-electron chi connectivity index (χ0n) is 23.2. The van der Waals surface area contributed by atoms with E-state index in [-0.39, 0.29) is 11.7 Å². The first kappa shape index (κ1) is 28.4. The van der Waals surface area contributed by atoms with E-state index in [4.69, 9.17) is 21.3 Å². The van der Waals surface area contributed by atoms with Gasteiger partial charge in [-0.25, -0.2) is 9.79 Å². The Labute approximate surface area is 260 Å². The maximum atomic E-state index is 14.1. The number of carbonyl (C=O) groups excluding carboxylic acids is 1. The van der Waals surface area contributed by atoms with Crippen molar-refractivity contribution < 1.29 is 9.53 Å². The number of allylic oxidation sites excluding steroid dienone is 1. The molecule has 1 aliphatic heterocycles. The lowest BCUT2D eigenvalue weighted by molar-refractivity contribution is -0.143. The number of para-hydroxylation sites is 1. The highest BCUT2D eigenvalue weighted by Gasteiger charge is 2.33. The van der Waals surface area contributed by atoms with Crippen LogP contribution in [0.4, 0.5) is 0 Å². The third-order valence-electron chi connectivity index (χ3n) is 7.14. The smallest absolute Gasteiger partial charge is 0.338 e. The molecule has 3 aromatic carbocycles. The Morgan fingerprint density at radius 3 is 2.52 bits per heavy atom. The van der Waals surface area contributed by atoms with Crippen molar-refractivity contribution in [3.05, 3.63) is 136 Å². The minimum absolute atomic E-state index is 0.217. The molecule has 1 aliphatic rings. The molecule has 0 saturated carbocycles. The van der Waals surface area contributed by atoms with Crippen LogP contribution in [0.5, 0.6) is 0 Å². The number of rotatable bonds is 6. The summed E-state index contributed by atoms with van der Waals surface area (Å²) in [7, 11) is 0. The van der Waals surface area contributed by atoms with E-state index < -0.39 is 12.0 Å². The van der Waals surface area contributed by atoms with Crippen LogP contribution in [0.15, 0.2) is 105 Å². The lowest BCUT2D eigenvalue weighted by Gasteiger charge is -2.25.